The van der Waals surface area contributed by atoms with E-state index in [1.807, 2.05) is 25.9 Å². The quantitative estimate of drug-likeness (QED) is 0.539. The maximum Gasteiger partial charge on any atom is 0.305 e. The van der Waals surface area contributed by atoms with Gasteiger partial charge < -0.3 is 5.73 Å². The normalized spacial score (nSPS) is 13.6. The van der Waals surface area contributed by atoms with E-state index in [9.17, 15) is 9.00 Å². The van der Waals surface area contributed by atoms with E-state index in [0.717, 1.165) is 12.5 Å². The van der Waals surface area contributed by atoms with Crippen molar-refractivity contribution in [1.82, 2.24) is 4.90 Å². The smallest absolute Gasteiger partial charge is 0.305 e. The zero-order valence-corrected chi connectivity index (χ0v) is 11.0. The van der Waals surface area contributed by atoms with Gasteiger partial charge in [0.1, 0.15) is 6.23 Å². The van der Waals surface area contributed by atoms with Crippen molar-refractivity contribution in [3.05, 3.63) is 12.7 Å². The van der Waals surface area contributed by atoms with Crippen molar-refractivity contribution in [3.63, 3.8) is 0 Å². The largest absolute Gasteiger partial charge is 0.366 e. The fraction of sp³-hybridized carbons (Fsp3) is 0.667. The second-order valence-electron chi connectivity index (χ2n) is 2.90. The fourth-order valence-corrected chi connectivity index (χ4v) is 1.22. The Hall–Kier alpha value is -0.760. The van der Waals surface area contributed by atoms with Crippen LogP contribution in [0.5, 0.6) is 0 Å². The SMILES string of the molecule is C=CC(N)=O.CCC(OS(=O)OC)N(C)C. The van der Waals surface area contributed by atoms with Gasteiger partial charge in [-0.15, -0.1) is 0 Å². The third kappa shape index (κ3) is 11.3. The molecule has 96 valence electrons. The lowest BCUT2D eigenvalue weighted by Gasteiger charge is -2.20. The van der Waals surface area contributed by atoms with E-state index in [-0.39, 0.29) is 6.23 Å². The van der Waals surface area contributed by atoms with Crippen molar-refractivity contribution in [3.8, 4) is 0 Å². The number of rotatable bonds is 6. The summed E-state index contributed by atoms with van der Waals surface area (Å²) < 4.78 is 20.2. The van der Waals surface area contributed by atoms with E-state index in [0.29, 0.717) is 0 Å². The highest BCUT2D eigenvalue weighted by atomic mass is 32.2. The van der Waals surface area contributed by atoms with Gasteiger partial charge in [0.15, 0.2) is 0 Å². The van der Waals surface area contributed by atoms with Crippen LogP contribution in [0.1, 0.15) is 13.3 Å². The van der Waals surface area contributed by atoms with Crippen LogP contribution in [0.4, 0.5) is 0 Å². The average molecular weight is 252 g/mol. The summed E-state index contributed by atoms with van der Waals surface area (Å²) in [6.07, 6.45) is 1.69. The van der Waals surface area contributed by atoms with Crippen molar-refractivity contribution in [2.24, 2.45) is 5.73 Å². The number of nitrogens with zero attached hydrogens (tertiary/aromatic N) is 1. The molecule has 2 N–H and O–H groups in total. The van der Waals surface area contributed by atoms with Gasteiger partial charge in [-0.2, -0.15) is 4.21 Å². The number of primary amides is 1. The molecule has 0 bridgehead atoms. The third-order valence-corrected chi connectivity index (χ3v) is 2.10. The molecule has 0 radical (unpaired) electrons. The number of amides is 1. The van der Waals surface area contributed by atoms with Gasteiger partial charge in [0.25, 0.3) is 0 Å². The molecule has 0 spiro atoms. The van der Waals surface area contributed by atoms with E-state index in [4.69, 9.17) is 4.18 Å². The molecule has 0 heterocycles. The predicted octanol–water partition coefficient (Wildman–Crippen LogP) is 0.184. The first-order chi connectivity index (χ1) is 7.38. The summed E-state index contributed by atoms with van der Waals surface area (Å²) >= 11 is -1.62. The Morgan fingerprint density at radius 3 is 2.25 bits per heavy atom. The Morgan fingerprint density at radius 2 is 2.06 bits per heavy atom. The molecule has 0 aromatic rings. The van der Waals surface area contributed by atoms with E-state index in [1.54, 1.807) is 0 Å². The van der Waals surface area contributed by atoms with Gasteiger partial charge >= 0.3 is 11.4 Å². The molecule has 16 heavy (non-hydrogen) atoms. The van der Waals surface area contributed by atoms with Crippen LogP contribution in [-0.2, 0) is 24.5 Å². The first kappa shape index (κ1) is 17.6. The third-order valence-electron chi connectivity index (χ3n) is 1.45. The molecule has 7 heteroatoms. The number of hydrogen-bond donors (Lipinski definition) is 1. The Balaban J connectivity index is 0. The van der Waals surface area contributed by atoms with Crippen molar-refractivity contribution in [2.45, 2.75) is 19.6 Å². The van der Waals surface area contributed by atoms with Crippen LogP contribution >= 0.6 is 0 Å². The molecule has 0 aliphatic heterocycles. The Labute approximate surface area is 99.3 Å². The minimum Gasteiger partial charge on any atom is -0.366 e. The maximum absolute atomic E-state index is 10.7. The van der Waals surface area contributed by atoms with Crippen molar-refractivity contribution < 1.29 is 17.4 Å². The lowest BCUT2D eigenvalue weighted by atomic mass is 10.4. The molecule has 0 saturated heterocycles. The number of carbonyl (C=O) groups excluding carboxylic acids is 1. The highest BCUT2D eigenvalue weighted by molar-refractivity contribution is 7.75. The van der Waals surface area contributed by atoms with Crippen LogP contribution < -0.4 is 5.73 Å². The van der Waals surface area contributed by atoms with Gasteiger partial charge in [-0.1, -0.05) is 13.5 Å². The molecule has 0 aliphatic rings. The predicted molar refractivity (Wildman–Crippen MR) is 63.4 cm³/mol. The molecular formula is C9H20N2O4S. The second-order valence-corrected chi connectivity index (χ2v) is 3.83. The van der Waals surface area contributed by atoms with E-state index >= 15 is 0 Å². The van der Waals surface area contributed by atoms with Gasteiger partial charge in [0.05, 0.1) is 7.11 Å². The molecule has 0 aromatic carbocycles. The molecule has 2 unspecified atom stereocenters. The van der Waals surface area contributed by atoms with Gasteiger partial charge in [-0.05, 0) is 26.6 Å². The molecule has 0 aromatic heterocycles. The van der Waals surface area contributed by atoms with Crippen LogP contribution in [0.3, 0.4) is 0 Å². The zero-order chi connectivity index (χ0) is 13.1. The highest BCUT2D eigenvalue weighted by Crippen LogP contribution is 2.03. The summed E-state index contributed by atoms with van der Waals surface area (Å²) in [6, 6.07) is 0. The van der Waals surface area contributed by atoms with Crippen LogP contribution in [0, 0.1) is 0 Å². The second kappa shape index (κ2) is 10.7. The molecule has 6 nitrogen and oxygen atoms in total. The van der Waals surface area contributed by atoms with Gasteiger partial charge in [-0.25, -0.2) is 4.18 Å². The number of nitrogens with two attached hydrogens (primary N) is 1. The molecule has 0 aliphatic carbocycles. The van der Waals surface area contributed by atoms with Gasteiger partial charge in [-0.3, -0.25) is 13.9 Å². The molecule has 0 fully saturated rings. The van der Waals surface area contributed by atoms with Crippen molar-refractivity contribution in [2.75, 3.05) is 21.2 Å². The molecule has 1 amide bonds. The Bertz CT molecular complexity index is 234. The Morgan fingerprint density at radius 1 is 1.62 bits per heavy atom. The summed E-state index contributed by atoms with van der Waals surface area (Å²) in [6.45, 7) is 5.04. The van der Waals surface area contributed by atoms with E-state index in [2.05, 4.69) is 16.5 Å². The van der Waals surface area contributed by atoms with Crippen LogP contribution in [0.2, 0.25) is 0 Å². The summed E-state index contributed by atoms with van der Waals surface area (Å²) in [5, 5.41) is 0. The maximum atomic E-state index is 10.7. The topological polar surface area (TPSA) is 81.9 Å². The minimum atomic E-state index is -1.62. The highest BCUT2D eigenvalue weighted by Gasteiger charge is 2.12. The molecule has 0 saturated carbocycles. The van der Waals surface area contributed by atoms with Crippen LogP contribution in [-0.4, -0.2) is 42.4 Å². The molecule has 2 atom stereocenters. The number of hydrogen-bond acceptors (Lipinski definition) is 5. The lowest BCUT2D eigenvalue weighted by molar-refractivity contribution is -0.113. The lowest BCUT2D eigenvalue weighted by Crippen LogP contribution is -2.30. The summed E-state index contributed by atoms with van der Waals surface area (Å²) in [4.78, 5) is 11.3. The van der Waals surface area contributed by atoms with E-state index in [1.165, 1.54) is 7.11 Å². The summed E-state index contributed by atoms with van der Waals surface area (Å²) in [5.74, 6) is -0.481. The van der Waals surface area contributed by atoms with Gasteiger partial charge in [0.2, 0.25) is 5.91 Å². The van der Waals surface area contributed by atoms with Gasteiger partial charge in [0, 0.05) is 0 Å². The zero-order valence-electron chi connectivity index (χ0n) is 10.1. The Kier molecular flexibility index (Phi) is 11.8. The van der Waals surface area contributed by atoms with Crippen molar-refractivity contribution >= 4 is 17.3 Å². The van der Waals surface area contributed by atoms with Crippen LogP contribution in [0.15, 0.2) is 12.7 Å². The summed E-state index contributed by atoms with van der Waals surface area (Å²) in [7, 11) is 5.07. The average Bonchev–Trinajstić information content (AvgIpc) is 2.25. The van der Waals surface area contributed by atoms with Crippen LogP contribution in [0.25, 0.3) is 0 Å². The standard InChI is InChI=1S/C6H15NO3S.C3H5NO/c1-5-6(7(2)3)10-11(8)9-4;1-2-3(4)5/h6H,5H2,1-4H3;2H,1H2,(H2,4,5). The van der Waals surface area contributed by atoms with E-state index < -0.39 is 17.3 Å². The first-order valence-corrected chi connectivity index (χ1v) is 5.60. The number of carbonyl (C=O) groups is 1. The first-order valence-electron chi connectivity index (χ1n) is 4.60. The molecule has 0 rings (SSSR count). The fourth-order valence-electron chi connectivity index (χ4n) is 0.649. The summed E-state index contributed by atoms with van der Waals surface area (Å²) in [5.41, 5.74) is 4.53. The van der Waals surface area contributed by atoms with Crippen molar-refractivity contribution in [1.29, 1.82) is 0 Å². The molecular weight excluding hydrogens is 232 g/mol. The minimum absolute atomic E-state index is 0.143. The monoisotopic (exact) mass is 252 g/mol.